The van der Waals surface area contributed by atoms with Gasteiger partial charge in [-0.1, -0.05) is 45.7 Å². The van der Waals surface area contributed by atoms with Crippen LogP contribution in [-0.4, -0.2) is 28.4 Å². The lowest BCUT2D eigenvalue weighted by atomic mass is 9.91. The number of rotatable bonds is 8. The number of aromatic nitrogens is 2. The highest BCUT2D eigenvalue weighted by Gasteiger charge is 2.32. The van der Waals surface area contributed by atoms with Crippen LogP contribution in [0.3, 0.4) is 0 Å². The lowest BCUT2D eigenvalue weighted by molar-refractivity contribution is -0.274. The fourth-order valence-corrected chi connectivity index (χ4v) is 5.15. The first kappa shape index (κ1) is 27.5. The smallest absolute Gasteiger partial charge is 0.405 e. The maximum absolute atomic E-state index is 12.8. The zero-order chi connectivity index (χ0) is 27.4. The zero-order valence-electron chi connectivity index (χ0n) is 20.7. The highest BCUT2D eigenvalue weighted by molar-refractivity contribution is 9.10. The first-order valence-electron chi connectivity index (χ1n) is 12.6. The van der Waals surface area contributed by atoms with Crippen molar-refractivity contribution in [1.29, 1.82) is 0 Å². The van der Waals surface area contributed by atoms with Crippen molar-refractivity contribution < 1.29 is 17.9 Å². The summed E-state index contributed by atoms with van der Waals surface area (Å²) in [5, 5.41) is 11.8. The van der Waals surface area contributed by atoms with Crippen LogP contribution in [0.5, 0.6) is 5.75 Å². The Hall–Kier alpha value is -3.08. The number of benzene rings is 3. The van der Waals surface area contributed by atoms with Gasteiger partial charge < -0.3 is 20.7 Å². The Kier molecular flexibility index (Phi) is 8.44. The molecule has 0 aliphatic heterocycles. The van der Waals surface area contributed by atoms with E-state index >= 15 is 0 Å². The molecule has 204 valence electrons. The Morgan fingerprint density at radius 3 is 2.38 bits per heavy atom. The fourth-order valence-electron chi connectivity index (χ4n) is 4.68. The second-order valence-corrected chi connectivity index (χ2v) is 10.8. The molecule has 0 atom stereocenters. The van der Waals surface area contributed by atoms with Crippen LogP contribution in [0.4, 0.5) is 30.6 Å². The van der Waals surface area contributed by atoms with Crippen LogP contribution in [0.25, 0.3) is 10.9 Å². The van der Waals surface area contributed by atoms with Crippen molar-refractivity contribution in [3.05, 3.63) is 81.8 Å². The van der Waals surface area contributed by atoms with Crippen molar-refractivity contribution in [3.8, 4) is 5.75 Å². The number of fused-ring (bicyclic) bond motifs is 1. The van der Waals surface area contributed by atoms with Crippen molar-refractivity contribution >= 4 is 55.9 Å². The van der Waals surface area contributed by atoms with Gasteiger partial charge in [0.2, 0.25) is 5.95 Å². The molecule has 5 rings (SSSR count). The normalized spacial score (nSPS) is 17.7. The minimum absolute atomic E-state index is 0.185. The summed E-state index contributed by atoms with van der Waals surface area (Å²) < 4.78 is 43.2. The van der Waals surface area contributed by atoms with E-state index in [-0.39, 0.29) is 24.4 Å². The second kappa shape index (κ2) is 12.0. The van der Waals surface area contributed by atoms with Crippen LogP contribution in [0.2, 0.25) is 5.02 Å². The van der Waals surface area contributed by atoms with Gasteiger partial charge in [-0.25, -0.2) is 4.98 Å². The number of hydrogen-bond acceptors (Lipinski definition) is 6. The van der Waals surface area contributed by atoms with Gasteiger partial charge in [0.1, 0.15) is 11.6 Å². The molecule has 1 aliphatic rings. The summed E-state index contributed by atoms with van der Waals surface area (Å²) in [6.45, 7) is 0.287. The summed E-state index contributed by atoms with van der Waals surface area (Å²) in [5.74, 6) is 1.05. The van der Waals surface area contributed by atoms with Gasteiger partial charge >= 0.3 is 6.36 Å². The van der Waals surface area contributed by atoms with Crippen LogP contribution in [0, 0.1) is 0 Å². The number of hydrogen-bond donors (Lipinski definition) is 3. The molecule has 39 heavy (non-hydrogen) atoms. The molecule has 0 bridgehead atoms. The third kappa shape index (κ3) is 7.52. The SMILES string of the molecule is FC(F)(F)Oc1cc(Br)ccc1CNC1CCC(Nc2nc(Nc3ccc(Cl)cc3)c3ccccc3n2)CC1. The Balaban J connectivity index is 1.20. The summed E-state index contributed by atoms with van der Waals surface area (Å²) in [4.78, 5) is 9.48. The lowest BCUT2D eigenvalue weighted by Crippen LogP contribution is -2.37. The molecule has 1 saturated carbocycles. The molecular weight excluding hydrogens is 595 g/mol. The van der Waals surface area contributed by atoms with E-state index in [1.807, 2.05) is 48.5 Å². The summed E-state index contributed by atoms with van der Waals surface area (Å²) >= 11 is 9.23. The quantitative estimate of drug-likeness (QED) is 0.185. The summed E-state index contributed by atoms with van der Waals surface area (Å²) in [6, 6.07) is 20.3. The summed E-state index contributed by atoms with van der Waals surface area (Å²) in [7, 11) is 0. The number of alkyl halides is 3. The molecule has 0 radical (unpaired) electrons. The maximum Gasteiger partial charge on any atom is 0.573 e. The Bertz CT molecular complexity index is 1430. The lowest BCUT2D eigenvalue weighted by Gasteiger charge is -2.30. The summed E-state index contributed by atoms with van der Waals surface area (Å²) in [6.07, 6.45) is -1.26. The minimum Gasteiger partial charge on any atom is -0.405 e. The third-order valence-electron chi connectivity index (χ3n) is 6.61. The molecular formula is C28H26BrClF3N5O. The van der Waals surface area contributed by atoms with E-state index in [9.17, 15) is 13.2 Å². The number of nitrogens with one attached hydrogen (secondary N) is 3. The molecule has 1 aliphatic carbocycles. The number of ether oxygens (including phenoxy) is 1. The first-order chi connectivity index (χ1) is 18.7. The van der Waals surface area contributed by atoms with Crippen molar-refractivity contribution in [1.82, 2.24) is 15.3 Å². The van der Waals surface area contributed by atoms with Crippen molar-refractivity contribution in [2.24, 2.45) is 0 Å². The van der Waals surface area contributed by atoms with E-state index < -0.39 is 6.36 Å². The number of anilines is 3. The summed E-state index contributed by atoms with van der Waals surface area (Å²) in [5.41, 5.74) is 2.16. The van der Waals surface area contributed by atoms with Gasteiger partial charge in [-0.05, 0) is 74.2 Å². The number of halogens is 5. The molecule has 0 unspecified atom stereocenters. The molecule has 3 aromatic carbocycles. The standard InChI is InChI=1S/C28H26BrClF3N5O/c29-18-6-5-17(25(15-18)39-28(31,32)33)16-34-20-11-13-22(14-12-20)36-27-37-24-4-2-1-3-23(24)26(38-27)35-21-9-7-19(30)8-10-21/h1-10,15,20,22,34H,11-14,16H2,(H2,35,36,37,38). The van der Waals surface area contributed by atoms with Gasteiger partial charge in [0, 0.05) is 44.8 Å². The predicted molar refractivity (Wildman–Crippen MR) is 152 cm³/mol. The Labute approximate surface area is 237 Å². The molecule has 4 aromatic rings. The van der Waals surface area contributed by atoms with E-state index in [4.69, 9.17) is 21.6 Å². The van der Waals surface area contributed by atoms with Crippen molar-refractivity contribution in [3.63, 3.8) is 0 Å². The average molecular weight is 621 g/mol. The molecule has 3 N–H and O–H groups in total. The van der Waals surface area contributed by atoms with Gasteiger partial charge in [0.05, 0.1) is 5.52 Å². The number of para-hydroxylation sites is 1. The van der Waals surface area contributed by atoms with Crippen LogP contribution >= 0.6 is 27.5 Å². The van der Waals surface area contributed by atoms with E-state index in [0.717, 1.165) is 42.3 Å². The van der Waals surface area contributed by atoms with Gasteiger partial charge in [0.15, 0.2) is 0 Å². The highest BCUT2D eigenvalue weighted by atomic mass is 79.9. The van der Waals surface area contributed by atoms with Crippen molar-refractivity contribution in [2.75, 3.05) is 10.6 Å². The van der Waals surface area contributed by atoms with E-state index in [1.54, 1.807) is 12.1 Å². The average Bonchev–Trinajstić information content (AvgIpc) is 2.89. The highest BCUT2D eigenvalue weighted by Crippen LogP contribution is 2.31. The van der Waals surface area contributed by atoms with E-state index in [1.165, 1.54) is 6.07 Å². The Morgan fingerprint density at radius 1 is 0.923 bits per heavy atom. The molecule has 6 nitrogen and oxygen atoms in total. The minimum atomic E-state index is -4.74. The third-order valence-corrected chi connectivity index (χ3v) is 7.35. The van der Waals surface area contributed by atoms with Crippen LogP contribution in [0.15, 0.2) is 71.2 Å². The van der Waals surface area contributed by atoms with E-state index in [0.29, 0.717) is 26.8 Å². The molecule has 1 aromatic heterocycles. The van der Waals surface area contributed by atoms with Gasteiger partial charge in [-0.3, -0.25) is 0 Å². The van der Waals surface area contributed by atoms with Crippen LogP contribution in [-0.2, 0) is 6.54 Å². The van der Waals surface area contributed by atoms with E-state index in [2.05, 4.69) is 36.6 Å². The monoisotopic (exact) mass is 619 g/mol. The zero-order valence-corrected chi connectivity index (χ0v) is 23.1. The molecule has 11 heteroatoms. The number of nitrogens with zero attached hydrogens (tertiary/aromatic N) is 2. The molecule has 1 heterocycles. The van der Waals surface area contributed by atoms with Gasteiger partial charge in [0.25, 0.3) is 0 Å². The molecule has 0 spiro atoms. The molecule has 1 fully saturated rings. The van der Waals surface area contributed by atoms with Gasteiger partial charge in [-0.2, -0.15) is 4.98 Å². The maximum atomic E-state index is 12.8. The first-order valence-corrected chi connectivity index (χ1v) is 13.7. The van der Waals surface area contributed by atoms with Crippen LogP contribution in [0.1, 0.15) is 31.2 Å². The predicted octanol–water partition coefficient (Wildman–Crippen LogP) is 8.20. The second-order valence-electron chi connectivity index (χ2n) is 9.42. The largest absolute Gasteiger partial charge is 0.573 e. The molecule has 0 amide bonds. The fraction of sp³-hybridized carbons (Fsp3) is 0.286. The Morgan fingerprint density at radius 2 is 1.64 bits per heavy atom. The molecule has 0 saturated heterocycles. The van der Waals surface area contributed by atoms with Gasteiger partial charge in [-0.15, -0.1) is 13.2 Å². The van der Waals surface area contributed by atoms with Crippen LogP contribution < -0.4 is 20.7 Å². The topological polar surface area (TPSA) is 71.1 Å². The van der Waals surface area contributed by atoms with Crippen molar-refractivity contribution in [2.45, 2.75) is 50.7 Å².